The summed E-state index contributed by atoms with van der Waals surface area (Å²) in [7, 11) is 1.83. The topological polar surface area (TPSA) is 49.8 Å². The summed E-state index contributed by atoms with van der Waals surface area (Å²) in [6.07, 6.45) is 4.35. The van der Waals surface area contributed by atoms with E-state index in [9.17, 15) is 0 Å². The van der Waals surface area contributed by atoms with Gasteiger partial charge in [-0.05, 0) is 25.7 Å². The molecule has 1 heterocycles. The van der Waals surface area contributed by atoms with E-state index in [1.165, 1.54) is 12.8 Å². The summed E-state index contributed by atoms with van der Waals surface area (Å²) in [5, 5.41) is 6.41. The molecule has 0 aromatic carbocycles. The maximum atomic E-state index is 4.40. The molecule has 0 unspecified atom stereocenters. The average molecular weight is 206 g/mol. The molecule has 0 bridgehead atoms. The van der Waals surface area contributed by atoms with Gasteiger partial charge in [-0.3, -0.25) is 0 Å². The number of nitrogens with zero attached hydrogens (tertiary/aromatic N) is 2. The molecule has 0 saturated heterocycles. The summed E-state index contributed by atoms with van der Waals surface area (Å²) < 4.78 is 0. The van der Waals surface area contributed by atoms with Crippen molar-refractivity contribution in [1.82, 2.24) is 9.97 Å². The molecular formula is C11H18N4. The molecule has 4 heteroatoms. The Balaban J connectivity index is 2.06. The van der Waals surface area contributed by atoms with Crippen LogP contribution < -0.4 is 10.6 Å². The second-order valence-corrected chi connectivity index (χ2v) is 4.39. The summed E-state index contributed by atoms with van der Waals surface area (Å²) >= 11 is 0. The number of nitrogens with one attached hydrogen (secondary N) is 2. The van der Waals surface area contributed by atoms with Gasteiger partial charge in [-0.1, -0.05) is 6.92 Å². The molecule has 0 atom stereocenters. The fourth-order valence-electron chi connectivity index (χ4n) is 1.92. The first-order valence-electron chi connectivity index (χ1n) is 5.47. The van der Waals surface area contributed by atoms with E-state index in [0.29, 0.717) is 12.0 Å². The Kier molecular flexibility index (Phi) is 2.75. The first-order valence-corrected chi connectivity index (χ1v) is 5.47. The van der Waals surface area contributed by atoms with Crippen molar-refractivity contribution in [1.29, 1.82) is 0 Å². The Labute approximate surface area is 90.5 Å². The van der Waals surface area contributed by atoms with Crippen LogP contribution in [0.25, 0.3) is 0 Å². The lowest BCUT2D eigenvalue weighted by molar-refractivity contribution is 0.308. The SMILES string of the molecule is CNc1ncc(C)c(NC2CC(C)C2)n1. The molecule has 0 spiro atoms. The van der Waals surface area contributed by atoms with E-state index in [1.807, 2.05) is 20.2 Å². The Bertz CT molecular complexity index is 344. The van der Waals surface area contributed by atoms with E-state index in [2.05, 4.69) is 27.5 Å². The molecule has 0 amide bonds. The molecular weight excluding hydrogens is 188 g/mol. The van der Waals surface area contributed by atoms with Crippen molar-refractivity contribution in [3.05, 3.63) is 11.8 Å². The maximum absolute atomic E-state index is 4.40. The molecule has 15 heavy (non-hydrogen) atoms. The van der Waals surface area contributed by atoms with Gasteiger partial charge >= 0.3 is 0 Å². The fourth-order valence-corrected chi connectivity index (χ4v) is 1.92. The third-order valence-corrected chi connectivity index (χ3v) is 2.91. The summed E-state index contributed by atoms with van der Waals surface area (Å²) in [6.45, 7) is 4.31. The molecule has 1 aromatic rings. The van der Waals surface area contributed by atoms with Crippen LogP contribution in [0.5, 0.6) is 0 Å². The third-order valence-electron chi connectivity index (χ3n) is 2.91. The van der Waals surface area contributed by atoms with Gasteiger partial charge in [0.25, 0.3) is 0 Å². The maximum Gasteiger partial charge on any atom is 0.224 e. The van der Waals surface area contributed by atoms with Gasteiger partial charge in [0.1, 0.15) is 5.82 Å². The Morgan fingerprint density at radius 2 is 2.13 bits per heavy atom. The van der Waals surface area contributed by atoms with Crippen molar-refractivity contribution in [3.63, 3.8) is 0 Å². The highest BCUT2D eigenvalue weighted by Gasteiger charge is 2.25. The summed E-state index contributed by atoms with van der Waals surface area (Å²) in [5.41, 5.74) is 1.11. The number of anilines is 2. The minimum Gasteiger partial charge on any atom is -0.367 e. The van der Waals surface area contributed by atoms with E-state index in [4.69, 9.17) is 0 Å². The molecule has 1 aliphatic rings. The average Bonchev–Trinajstić information content (AvgIpc) is 2.19. The highest BCUT2D eigenvalue weighted by Crippen LogP contribution is 2.29. The smallest absolute Gasteiger partial charge is 0.224 e. The molecule has 2 rings (SSSR count). The molecule has 82 valence electrons. The van der Waals surface area contributed by atoms with Gasteiger partial charge in [0, 0.05) is 24.8 Å². The van der Waals surface area contributed by atoms with Crippen LogP contribution in [0.2, 0.25) is 0 Å². The molecule has 1 saturated carbocycles. The minimum absolute atomic E-state index is 0.596. The number of aromatic nitrogens is 2. The first kappa shape index (κ1) is 10.2. The van der Waals surface area contributed by atoms with Crippen molar-refractivity contribution in [2.24, 2.45) is 5.92 Å². The van der Waals surface area contributed by atoms with Gasteiger partial charge in [-0.2, -0.15) is 4.98 Å². The number of hydrogen-bond acceptors (Lipinski definition) is 4. The lowest BCUT2D eigenvalue weighted by Gasteiger charge is -2.34. The Hall–Kier alpha value is -1.32. The zero-order valence-corrected chi connectivity index (χ0v) is 9.54. The standard InChI is InChI=1S/C11H18N4/c1-7-4-9(5-7)14-10-8(2)6-13-11(12-3)15-10/h6-7,9H,4-5H2,1-3H3,(H2,12,13,14,15). The second kappa shape index (κ2) is 4.04. The summed E-state index contributed by atoms with van der Waals surface area (Å²) in [5.74, 6) is 2.50. The van der Waals surface area contributed by atoms with E-state index in [1.54, 1.807) is 0 Å². The van der Waals surface area contributed by atoms with E-state index >= 15 is 0 Å². The summed E-state index contributed by atoms with van der Waals surface area (Å²) in [4.78, 5) is 8.57. The molecule has 0 aliphatic heterocycles. The minimum atomic E-state index is 0.596. The molecule has 0 radical (unpaired) electrons. The third kappa shape index (κ3) is 2.19. The van der Waals surface area contributed by atoms with Crippen molar-refractivity contribution < 1.29 is 0 Å². The highest BCUT2D eigenvalue weighted by atomic mass is 15.1. The van der Waals surface area contributed by atoms with Crippen LogP contribution in [-0.2, 0) is 0 Å². The van der Waals surface area contributed by atoms with E-state index in [-0.39, 0.29) is 0 Å². The zero-order valence-electron chi connectivity index (χ0n) is 9.54. The quantitative estimate of drug-likeness (QED) is 0.794. The number of hydrogen-bond donors (Lipinski definition) is 2. The van der Waals surface area contributed by atoms with Gasteiger partial charge in [0.2, 0.25) is 5.95 Å². The van der Waals surface area contributed by atoms with Crippen molar-refractivity contribution >= 4 is 11.8 Å². The van der Waals surface area contributed by atoms with Gasteiger partial charge in [-0.25, -0.2) is 4.98 Å². The van der Waals surface area contributed by atoms with E-state index in [0.717, 1.165) is 17.3 Å². The predicted molar refractivity (Wildman–Crippen MR) is 62.1 cm³/mol. The number of aryl methyl sites for hydroxylation is 1. The molecule has 2 N–H and O–H groups in total. The molecule has 4 nitrogen and oxygen atoms in total. The highest BCUT2D eigenvalue weighted by molar-refractivity contribution is 5.47. The predicted octanol–water partition coefficient (Wildman–Crippen LogP) is 2.04. The molecule has 1 aromatic heterocycles. The fraction of sp³-hybridized carbons (Fsp3) is 0.636. The molecule has 1 fully saturated rings. The summed E-state index contributed by atoms with van der Waals surface area (Å²) in [6, 6.07) is 0.596. The van der Waals surface area contributed by atoms with Crippen LogP contribution in [-0.4, -0.2) is 23.1 Å². The van der Waals surface area contributed by atoms with Crippen LogP contribution in [0, 0.1) is 12.8 Å². The van der Waals surface area contributed by atoms with Crippen LogP contribution in [0.15, 0.2) is 6.20 Å². The Morgan fingerprint density at radius 1 is 1.40 bits per heavy atom. The van der Waals surface area contributed by atoms with E-state index < -0.39 is 0 Å². The van der Waals surface area contributed by atoms with Crippen LogP contribution in [0.4, 0.5) is 11.8 Å². The van der Waals surface area contributed by atoms with Gasteiger partial charge < -0.3 is 10.6 Å². The van der Waals surface area contributed by atoms with Crippen molar-refractivity contribution in [2.45, 2.75) is 32.7 Å². The normalized spacial score (nSPS) is 24.5. The molecule has 1 aliphatic carbocycles. The lowest BCUT2D eigenvalue weighted by atomic mass is 9.82. The van der Waals surface area contributed by atoms with Crippen molar-refractivity contribution in [2.75, 3.05) is 17.7 Å². The Morgan fingerprint density at radius 3 is 2.73 bits per heavy atom. The van der Waals surface area contributed by atoms with Gasteiger partial charge in [0.15, 0.2) is 0 Å². The zero-order chi connectivity index (χ0) is 10.8. The van der Waals surface area contributed by atoms with Gasteiger partial charge in [-0.15, -0.1) is 0 Å². The number of rotatable bonds is 3. The largest absolute Gasteiger partial charge is 0.367 e. The first-order chi connectivity index (χ1) is 7.19. The van der Waals surface area contributed by atoms with Crippen LogP contribution in [0.3, 0.4) is 0 Å². The monoisotopic (exact) mass is 206 g/mol. The van der Waals surface area contributed by atoms with Crippen LogP contribution >= 0.6 is 0 Å². The second-order valence-electron chi connectivity index (χ2n) is 4.39. The van der Waals surface area contributed by atoms with Crippen LogP contribution in [0.1, 0.15) is 25.3 Å². The van der Waals surface area contributed by atoms with Crippen molar-refractivity contribution in [3.8, 4) is 0 Å². The lowest BCUT2D eigenvalue weighted by Crippen LogP contribution is -2.34. The van der Waals surface area contributed by atoms with Gasteiger partial charge in [0.05, 0.1) is 0 Å².